The van der Waals surface area contributed by atoms with Crippen LogP contribution < -0.4 is 0 Å². The van der Waals surface area contributed by atoms with Gasteiger partial charge in [0.2, 0.25) is 0 Å². The van der Waals surface area contributed by atoms with Gasteiger partial charge in [-0.3, -0.25) is 9.58 Å². The Morgan fingerprint density at radius 1 is 1.29 bits per heavy atom. The first-order chi connectivity index (χ1) is 14.5. The van der Waals surface area contributed by atoms with Gasteiger partial charge in [-0.05, 0) is 37.1 Å². The summed E-state index contributed by atoms with van der Waals surface area (Å²) in [4.78, 5) is 13.1. The fourth-order valence-electron chi connectivity index (χ4n) is 4.10. The minimum atomic E-state index is -4.51. The molecule has 2 aromatic carbocycles. The molecule has 1 unspecified atom stereocenters. The molecular formula is C21H18ClF4N3O2. The average Bonchev–Trinajstić information content (AvgIpc) is 3.26. The number of aromatic carboxylic acids is 1. The van der Waals surface area contributed by atoms with Gasteiger partial charge in [0.25, 0.3) is 0 Å². The first-order valence-electron chi connectivity index (χ1n) is 9.54. The van der Waals surface area contributed by atoms with E-state index in [1.807, 2.05) is 4.90 Å². The van der Waals surface area contributed by atoms with E-state index in [0.717, 1.165) is 12.1 Å². The van der Waals surface area contributed by atoms with Crippen LogP contribution in [-0.2, 0) is 12.7 Å². The zero-order valence-electron chi connectivity index (χ0n) is 16.4. The minimum absolute atomic E-state index is 0.0246. The predicted molar refractivity (Wildman–Crippen MR) is 107 cm³/mol. The van der Waals surface area contributed by atoms with Crippen LogP contribution in [-0.4, -0.2) is 38.8 Å². The van der Waals surface area contributed by atoms with E-state index in [4.69, 9.17) is 16.7 Å². The van der Waals surface area contributed by atoms with Gasteiger partial charge in [-0.15, -0.1) is 0 Å². The summed E-state index contributed by atoms with van der Waals surface area (Å²) in [5, 5.41) is 14.2. The van der Waals surface area contributed by atoms with Gasteiger partial charge in [-0.1, -0.05) is 17.7 Å². The minimum Gasteiger partial charge on any atom is -0.478 e. The zero-order chi connectivity index (χ0) is 22.5. The molecule has 1 fully saturated rings. The number of carboxylic acid groups (broad SMARTS) is 1. The average molecular weight is 456 g/mol. The van der Waals surface area contributed by atoms with Crippen molar-refractivity contribution >= 4 is 28.5 Å². The van der Waals surface area contributed by atoms with Crippen molar-refractivity contribution in [2.45, 2.75) is 32.1 Å². The third kappa shape index (κ3) is 4.12. The van der Waals surface area contributed by atoms with Gasteiger partial charge >= 0.3 is 12.1 Å². The standard InChI is InChI=1S/C21H18ClF4N3O2/c1-11-15-7-16(20(30)31)18(23)8-19(15)29(27-11)14-4-5-28(10-14)9-12-2-3-13(22)6-17(12)21(24,25)26/h2-3,6-8,14H,4-5,9-10H2,1H3,(H,30,31). The zero-order valence-corrected chi connectivity index (χ0v) is 17.1. The normalized spacial score (nSPS) is 17.5. The fourth-order valence-corrected chi connectivity index (χ4v) is 4.27. The molecule has 0 spiro atoms. The maximum Gasteiger partial charge on any atom is 0.416 e. The molecule has 2 heterocycles. The number of halogens is 5. The third-order valence-corrected chi connectivity index (χ3v) is 5.81. The summed E-state index contributed by atoms with van der Waals surface area (Å²) < 4.78 is 56.0. The fraction of sp³-hybridized carbons (Fsp3) is 0.333. The number of hydrogen-bond donors (Lipinski definition) is 1. The molecule has 5 nitrogen and oxygen atoms in total. The Hall–Kier alpha value is -2.65. The van der Waals surface area contributed by atoms with Gasteiger partial charge in [0, 0.05) is 36.1 Å². The number of carboxylic acids is 1. The van der Waals surface area contributed by atoms with E-state index < -0.39 is 29.1 Å². The number of aromatic nitrogens is 2. The van der Waals surface area contributed by atoms with Gasteiger partial charge in [0.05, 0.1) is 28.4 Å². The summed E-state index contributed by atoms with van der Waals surface area (Å²) >= 11 is 5.75. The monoisotopic (exact) mass is 455 g/mol. The summed E-state index contributed by atoms with van der Waals surface area (Å²) in [5.74, 6) is -2.21. The van der Waals surface area contributed by atoms with Crippen LogP contribution in [0.2, 0.25) is 5.02 Å². The third-order valence-electron chi connectivity index (χ3n) is 5.57. The molecule has 0 aliphatic carbocycles. The van der Waals surface area contributed by atoms with Crippen LogP contribution in [0, 0.1) is 12.7 Å². The second kappa shape index (κ2) is 7.80. The molecule has 0 bridgehead atoms. The van der Waals surface area contributed by atoms with Crippen LogP contribution in [0.15, 0.2) is 30.3 Å². The smallest absolute Gasteiger partial charge is 0.416 e. The van der Waals surface area contributed by atoms with Gasteiger partial charge < -0.3 is 5.11 Å². The highest BCUT2D eigenvalue weighted by atomic mass is 35.5. The molecule has 0 amide bonds. The molecule has 1 aliphatic rings. The number of carbonyl (C=O) groups is 1. The van der Waals surface area contributed by atoms with Crippen LogP contribution in [0.25, 0.3) is 10.9 Å². The van der Waals surface area contributed by atoms with E-state index >= 15 is 0 Å². The van der Waals surface area contributed by atoms with E-state index in [9.17, 15) is 22.4 Å². The molecular weight excluding hydrogens is 438 g/mol. The van der Waals surface area contributed by atoms with Crippen molar-refractivity contribution in [2.24, 2.45) is 0 Å². The molecule has 1 aliphatic heterocycles. The van der Waals surface area contributed by atoms with Crippen molar-refractivity contribution in [1.82, 2.24) is 14.7 Å². The molecule has 1 saturated heterocycles. The Labute approximate surface area is 179 Å². The number of alkyl halides is 3. The van der Waals surface area contributed by atoms with Crippen molar-refractivity contribution in [2.75, 3.05) is 13.1 Å². The summed E-state index contributed by atoms with van der Waals surface area (Å²) in [7, 11) is 0. The molecule has 3 aromatic rings. The van der Waals surface area contributed by atoms with Crippen LogP contribution in [0.5, 0.6) is 0 Å². The van der Waals surface area contributed by atoms with Crippen LogP contribution in [0.4, 0.5) is 17.6 Å². The number of rotatable bonds is 4. The second-order valence-electron chi connectivity index (χ2n) is 7.66. The first-order valence-corrected chi connectivity index (χ1v) is 9.92. The van der Waals surface area contributed by atoms with Gasteiger partial charge in [-0.2, -0.15) is 18.3 Å². The Morgan fingerprint density at radius 2 is 2.03 bits per heavy atom. The van der Waals surface area contributed by atoms with Crippen molar-refractivity contribution in [3.05, 3.63) is 63.6 Å². The lowest BCUT2D eigenvalue weighted by Crippen LogP contribution is -2.23. The SMILES string of the molecule is Cc1nn(C2CCN(Cc3ccc(Cl)cc3C(F)(F)F)C2)c2cc(F)c(C(=O)O)cc12. The molecule has 164 valence electrons. The Kier molecular flexibility index (Phi) is 5.43. The molecule has 1 aromatic heterocycles. The highest BCUT2D eigenvalue weighted by Crippen LogP contribution is 2.36. The Morgan fingerprint density at radius 3 is 2.71 bits per heavy atom. The Balaban J connectivity index is 1.60. The van der Waals surface area contributed by atoms with Gasteiger partial charge in [-0.25, -0.2) is 9.18 Å². The highest BCUT2D eigenvalue weighted by molar-refractivity contribution is 6.30. The molecule has 0 radical (unpaired) electrons. The van der Waals surface area contributed by atoms with E-state index in [1.54, 1.807) is 11.6 Å². The van der Waals surface area contributed by atoms with Crippen molar-refractivity contribution in [3.8, 4) is 0 Å². The molecule has 31 heavy (non-hydrogen) atoms. The molecule has 1 N–H and O–H groups in total. The van der Waals surface area contributed by atoms with Gasteiger partial charge in [0.15, 0.2) is 0 Å². The number of fused-ring (bicyclic) bond motifs is 1. The lowest BCUT2D eigenvalue weighted by molar-refractivity contribution is -0.138. The maximum absolute atomic E-state index is 14.2. The quantitative estimate of drug-likeness (QED) is 0.542. The van der Waals surface area contributed by atoms with Crippen LogP contribution in [0.1, 0.15) is 39.6 Å². The largest absolute Gasteiger partial charge is 0.478 e. The number of likely N-dealkylation sites (tertiary alicyclic amines) is 1. The molecule has 0 saturated carbocycles. The summed E-state index contributed by atoms with van der Waals surface area (Å²) in [6.45, 7) is 2.77. The van der Waals surface area contributed by atoms with Gasteiger partial charge in [0.1, 0.15) is 5.82 Å². The first kappa shape index (κ1) is 21.6. The summed E-state index contributed by atoms with van der Waals surface area (Å²) in [6.07, 6.45) is -3.89. The lowest BCUT2D eigenvalue weighted by Gasteiger charge is -2.20. The molecule has 4 rings (SSSR count). The number of benzene rings is 2. The van der Waals surface area contributed by atoms with Crippen molar-refractivity contribution in [3.63, 3.8) is 0 Å². The maximum atomic E-state index is 14.2. The number of nitrogens with zero attached hydrogens (tertiary/aromatic N) is 3. The summed E-state index contributed by atoms with van der Waals surface area (Å²) in [5.41, 5.74) is -0.0174. The second-order valence-corrected chi connectivity index (χ2v) is 8.10. The molecule has 1 atom stereocenters. The Bertz CT molecular complexity index is 1180. The van der Waals surface area contributed by atoms with E-state index in [2.05, 4.69) is 5.10 Å². The highest BCUT2D eigenvalue weighted by Gasteiger charge is 2.35. The molecule has 10 heteroatoms. The van der Waals surface area contributed by atoms with E-state index in [0.29, 0.717) is 36.1 Å². The number of aryl methyl sites for hydroxylation is 1. The summed E-state index contributed by atoms with van der Waals surface area (Å²) in [6, 6.07) is 6.00. The lowest BCUT2D eigenvalue weighted by atomic mass is 10.1. The topological polar surface area (TPSA) is 58.4 Å². The van der Waals surface area contributed by atoms with Crippen molar-refractivity contribution in [1.29, 1.82) is 0 Å². The predicted octanol–water partition coefficient (Wildman–Crippen LogP) is 5.30. The van der Waals surface area contributed by atoms with Crippen LogP contribution in [0.3, 0.4) is 0 Å². The van der Waals surface area contributed by atoms with E-state index in [-0.39, 0.29) is 23.2 Å². The van der Waals surface area contributed by atoms with Crippen LogP contribution >= 0.6 is 11.6 Å². The number of hydrogen-bond acceptors (Lipinski definition) is 3. The van der Waals surface area contributed by atoms with E-state index in [1.165, 1.54) is 18.2 Å². The van der Waals surface area contributed by atoms with Crippen molar-refractivity contribution < 1.29 is 27.5 Å².